The monoisotopic (exact) mass is 312 g/mol. The molecule has 1 saturated carbocycles. The average Bonchev–Trinajstić information content (AvgIpc) is 2.62. The number of hydrogen-bond acceptors (Lipinski definition) is 3. The van der Waals surface area contributed by atoms with Crippen LogP contribution in [-0.4, -0.2) is 47.9 Å². The predicted molar refractivity (Wildman–Crippen MR) is 87.2 cm³/mol. The molecule has 4 nitrogen and oxygen atoms in total. The van der Waals surface area contributed by atoms with Crippen molar-refractivity contribution >= 4 is 23.6 Å². The van der Waals surface area contributed by atoms with Crippen molar-refractivity contribution in [3.05, 3.63) is 0 Å². The number of carbonyl (C=O) groups is 2. The van der Waals surface area contributed by atoms with Gasteiger partial charge in [0.2, 0.25) is 11.8 Å². The molecule has 2 unspecified atom stereocenters. The molecule has 5 heteroatoms. The first-order chi connectivity index (χ1) is 10.1. The van der Waals surface area contributed by atoms with Crippen molar-refractivity contribution in [2.45, 2.75) is 51.5 Å². The van der Waals surface area contributed by atoms with Gasteiger partial charge >= 0.3 is 0 Å². The van der Waals surface area contributed by atoms with Crippen molar-refractivity contribution in [3.63, 3.8) is 0 Å². The van der Waals surface area contributed by atoms with Crippen molar-refractivity contribution in [2.24, 2.45) is 11.8 Å². The molecule has 2 aliphatic rings. The van der Waals surface area contributed by atoms with Gasteiger partial charge in [0, 0.05) is 19.5 Å². The number of rotatable bonds is 5. The quantitative estimate of drug-likeness (QED) is 0.847. The van der Waals surface area contributed by atoms with E-state index in [0.29, 0.717) is 24.8 Å². The van der Waals surface area contributed by atoms with Crippen LogP contribution in [0.3, 0.4) is 0 Å². The second-order valence-electron chi connectivity index (χ2n) is 6.54. The highest BCUT2D eigenvalue weighted by molar-refractivity contribution is 7.98. The SMILES string of the molecule is CSCC(C)CN1CCC(=O)NC(C2CCCCC2)C1=O. The molecular weight excluding hydrogens is 284 g/mol. The number of nitrogens with one attached hydrogen (secondary N) is 1. The summed E-state index contributed by atoms with van der Waals surface area (Å²) in [5, 5.41) is 3.00. The summed E-state index contributed by atoms with van der Waals surface area (Å²) in [5.74, 6) is 2.06. The summed E-state index contributed by atoms with van der Waals surface area (Å²) in [6.45, 7) is 3.53. The van der Waals surface area contributed by atoms with Crippen molar-refractivity contribution in [2.75, 3.05) is 25.1 Å². The second-order valence-corrected chi connectivity index (χ2v) is 7.45. The van der Waals surface area contributed by atoms with E-state index < -0.39 is 0 Å². The Balaban J connectivity index is 2.04. The third kappa shape index (κ3) is 4.63. The maximum absolute atomic E-state index is 12.8. The molecule has 1 aliphatic heterocycles. The summed E-state index contributed by atoms with van der Waals surface area (Å²) in [6.07, 6.45) is 8.33. The first-order valence-electron chi connectivity index (χ1n) is 8.19. The van der Waals surface area contributed by atoms with Crippen LogP contribution in [0.4, 0.5) is 0 Å². The summed E-state index contributed by atoms with van der Waals surface area (Å²) in [7, 11) is 0. The molecule has 120 valence electrons. The van der Waals surface area contributed by atoms with Crippen LogP contribution in [0.1, 0.15) is 45.4 Å². The van der Waals surface area contributed by atoms with E-state index >= 15 is 0 Å². The summed E-state index contributed by atoms with van der Waals surface area (Å²) >= 11 is 1.81. The maximum atomic E-state index is 12.8. The van der Waals surface area contributed by atoms with Gasteiger partial charge in [-0.1, -0.05) is 26.2 Å². The van der Waals surface area contributed by atoms with Crippen molar-refractivity contribution in [3.8, 4) is 0 Å². The molecule has 21 heavy (non-hydrogen) atoms. The van der Waals surface area contributed by atoms with Crippen LogP contribution in [0.15, 0.2) is 0 Å². The molecule has 0 aromatic carbocycles. The molecular formula is C16H28N2O2S. The van der Waals surface area contributed by atoms with E-state index in [0.717, 1.165) is 25.1 Å². The number of hydrogen-bond donors (Lipinski definition) is 1. The average molecular weight is 312 g/mol. The zero-order valence-electron chi connectivity index (χ0n) is 13.3. The van der Waals surface area contributed by atoms with Gasteiger partial charge in [-0.15, -0.1) is 0 Å². The van der Waals surface area contributed by atoms with Crippen molar-refractivity contribution in [1.82, 2.24) is 10.2 Å². The van der Waals surface area contributed by atoms with Gasteiger partial charge < -0.3 is 10.2 Å². The largest absolute Gasteiger partial charge is 0.344 e. The molecule has 0 spiro atoms. The van der Waals surface area contributed by atoms with Crippen LogP contribution in [0.5, 0.6) is 0 Å². The molecule has 2 atom stereocenters. The Hall–Kier alpha value is -0.710. The molecule has 0 aromatic heterocycles. The fourth-order valence-corrected chi connectivity index (χ4v) is 4.21. The highest BCUT2D eigenvalue weighted by Gasteiger charge is 2.36. The van der Waals surface area contributed by atoms with E-state index in [1.807, 2.05) is 16.7 Å². The van der Waals surface area contributed by atoms with Gasteiger partial charge in [-0.25, -0.2) is 0 Å². The molecule has 1 saturated heterocycles. The zero-order valence-corrected chi connectivity index (χ0v) is 14.1. The molecule has 2 amide bonds. The molecule has 0 radical (unpaired) electrons. The van der Waals surface area contributed by atoms with Gasteiger partial charge in [0.1, 0.15) is 6.04 Å². The third-order valence-corrected chi connectivity index (χ3v) is 5.51. The molecule has 1 aliphatic carbocycles. The fraction of sp³-hybridized carbons (Fsp3) is 0.875. The van der Waals surface area contributed by atoms with Gasteiger partial charge in [-0.3, -0.25) is 9.59 Å². The lowest BCUT2D eigenvalue weighted by molar-refractivity contribution is -0.135. The summed E-state index contributed by atoms with van der Waals surface area (Å²) in [4.78, 5) is 26.7. The lowest BCUT2D eigenvalue weighted by Gasteiger charge is -2.32. The zero-order chi connectivity index (χ0) is 15.2. The van der Waals surface area contributed by atoms with E-state index in [4.69, 9.17) is 0 Å². The first-order valence-corrected chi connectivity index (χ1v) is 9.58. The van der Waals surface area contributed by atoms with Crippen LogP contribution < -0.4 is 5.32 Å². The van der Waals surface area contributed by atoms with E-state index in [1.165, 1.54) is 19.3 Å². The van der Waals surface area contributed by atoms with Gasteiger partial charge in [-0.05, 0) is 36.7 Å². The molecule has 1 N–H and O–H groups in total. The van der Waals surface area contributed by atoms with Crippen molar-refractivity contribution in [1.29, 1.82) is 0 Å². The minimum Gasteiger partial charge on any atom is -0.344 e. The molecule has 0 aromatic rings. The number of thioether (sulfide) groups is 1. The van der Waals surface area contributed by atoms with E-state index in [9.17, 15) is 9.59 Å². The highest BCUT2D eigenvalue weighted by atomic mass is 32.2. The molecule has 2 rings (SSSR count). The number of carbonyl (C=O) groups excluding carboxylic acids is 2. The smallest absolute Gasteiger partial charge is 0.245 e. The van der Waals surface area contributed by atoms with Crippen molar-refractivity contribution < 1.29 is 9.59 Å². The third-order valence-electron chi connectivity index (χ3n) is 4.61. The van der Waals surface area contributed by atoms with Crippen LogP contribution in [0.2, 0.25) is 0 Å². The van der Waals surface area contributed by atoms with E-state index in [2.05, 4.69) is 18.5 Å². The number of nitrogens with zero attached hydrogens (tertiary/aromatic N) is 1. The van der Waals surface area contributed by atoms with Crippen LogP contribution in [0, 0.1) is 11.8 Å². The van der Waals surface area contributed by atoms with Gasteiger partial charge in [0.15, 0.2) is 0 Å². The molecule has 2 fully saturated rings. The van der Waals surface area contributed by atoms with Crippen LogP contribution >= 0.6 is 11.8 Å². The van der Waals surface area contributed by atoms with Gasteiger partial charge in [-0.2, -0.15) is 11.8 Å². The van der Waals surface area contributed by atoms with E-state index in [-0.39, 0.29) is 17.9 Å². The van der Waals surface area contributed by atoms with Gasteiger partial charge in [0.05, 0.1) is 0 Å². The predicted octanol–water partition coefficient (Wildman–Crippen LogP) is 2.28. The Labute approximate surface area is 132 Å². The summed E-state index contributed by atoms with van der Waals surface area (Å²) in [5.41, 5.74) is 0. The lowest BCUT2D eigenvalue weighted by Crippen LogP contribution is -2.50. The Morgan fingerprint density at radius 1 is 1.29 bits per heavy atom. The second kappa shape index (κ2) is 8.06. The maximum Gasteiger partial charge on any atom is 0.245 e. The standard InChI is InChI=1S/C16H28N2O2S/c1-12(11-21-2)10-18-9-8-14(19)17-15(16(18)20)13-6-4-3-5-7-13/h12-13,15H,3-11H2,1-2H3,(H,17,19). The Kier molecular flexibility index (Phi) is 6.40. The Morgan fingerprint density at radius 2 is 2.00 bits per heavy atom. The molecule has 1 heterocycles. The lowest BCUT2D eigenvalue weighted by atomic mass is 9.83. The first kappa shape index (κ1) is 16.7. The highest BCUT2D eigenvalue weighted by Crippen LogP contribution is 2.28. The summed E-state index contributed by atoms with van der Waals surface area (Å²) < 4.78 is 0. The molecule has 0 bridgehead atoms. The Morgan fingerprint density at radius 3 is 2.67 bits per heavy atom. The van der Waals surface area contributed by atoms with Gasteiger partial charge in [0.25, 0.3) is 0 Å². The number of amides is 2. The summed E-state index contributed by atoms with van der Waals surface area (Å²) in [6, 6.07) is -0.276. The minimum atomic E-state index is -0.276. The Bertz CT molecular complexity index is 369. The topological polar surface area (TPSA) is 49.4 Å². The van der Waals surface area contributed by atoms with E-state index in [1.54, 1.807) is 0 Å². The fourth-order valence-electron chi connectivity index (χ4n) is 3.53. The van der Waals surface area contributed by atoms with Crippen LogP contribution in [0.25, 0.3) is 0 Å². The minimum absolute atomic E-state index is 0.0407. The normalized spacial score (nSPS) is 26.4. The van der Waals surface area contributed by atoms with Crippen LogP contribution in [-0.2, 0) is 9.59 Å².